The summed E-state index contributed by atoms with van der Waals surface area (Å²) in [6.45, 7) is 13.8. The number of hydrogen-bond acceptors (Lipinski definition) is 11. The maximum absolute atomic E-state index is 11.9. The van der Waals surface area contributed by atoms with E-state index < -0.39 is 0 Å². The molecule has 6 rings (SSSR count). The van der Waals surface area contributed by atoms with E-state index in [-0.39, 0.29) is 23.0 Å². The molecule has 264 valence electrons. The number of rotatable bonds is 8. The van der Waals surface area contributed by atoms with Crippen molar-refractivity contribution in [1.29, 1.82) is 0 Å². The van der Waals surface area contributed by atoms with Gasteiger partial charge in [0.2, 0.25) is 29.6 Å². The summed E-state index contributed by atoms with van der Waals surface area (Å²) in [6.07, 6.45) is 14.9. The molecule has 0 bridgehead atoms. The molecule has 0 unspecified atom stereocenters. The minimum Gasteiger partial charge on any atom is -0.481 e. The van der Waals surface area contributed by atoms with E-state index in [9.17, 15) is 9.59 Å². The summed E-state index contributed by atoms with van der Waals surface area (Å²) < 4.78 is 15.3. The van der Waals surface area contributed by atoms with E-state index in [2.05, 4.69) is 58.7 Å². The molecule has 6 aromatic heterocycles. The maximum Gasteiger partial charge on any atom is 0.259 e. The fourth-order valence-corrected chi connectivity index (χ4v) is 5.36. The van der Waals surface area contributed by atoms with Crippen molar-refractivity contribution in [1.82, 2.24) is 58.6 Å². The fraction of sp³-hybridized carbons (Fsp3) is 0.364. The van der Waals surface area contributed by atoms with Crippen LogP contribution in [-0.4, -0.2) is 72.8 Å². The van der Waals surface area contributed by atoms with Crippen LogP contribution in [0.3, 0.4) is 0 Å². The van der Waals surface area contributed by atoms with Gasteiger partial charge in [-0.1, -0.05) is 53.1 Å². The zero-order valence-corrected chi connectivity index (χ0v) is 30.2. The molecule has 0 aliphatic heterocycles. The van der Waals surface area contributed by atoms with E-state index in [0.29, 0.717) is 51.8 Å². The molecule has 0 saturated heterocycles. The average molecular weight is 705 g/mol. The number of halogens is 1. The highest BCUT2D eigenvalue weighted by Gasteiger charge is 2.17. The summed E-state index contributed by atoms with van der Waals surface area (Å²) >= 11 is 6.16. The Morgan fingerprint density at radius 1 is 0.620 bits per heavy atom. The number of imidazole rings is 3. The number of aromatic nitrogens is 12. The van der Waals surface area contributed by atoms with Crippen molar-refractivity contribution >= 4 is 11.6 Å². The van der Waals surface area contributed by atoms with Gasteiger partial charge in [0.25, 0.3) is 11.1 Å². The topological polar surface area (TPSA) is 189 Å². The maximum atomic E-state index is 11.9. The quantitative estimate of drug-likeness (QED) is 0.205. The summed E-state index contributed by atoms with van der Waals surface area (Å²) in [7, 11) is 3.01. The third-order valence-corrected chi connectivity index (χ3v) is 7.53. The highest BCUT2D eigenvalue weighted by atomic mass is 35.5. The Hall–Kier alpha value is -5.64. The third kappa shape index (κ3) is 8.68. The third-order valence-electron chi connectivity index (χ3n) is 7.25. The van der Waals surface area contributed by atoms with Crippen LogP contribution in [0.5, 0.6) is 11.8 Å². The van der Waals surface area contributed by atoms with Gasteiger partial charge in [0, 0.05) is 48.4 Å². The summed E-state index contributed by atoms with van der Waals surface area (Å²) in [6, 6.07) is 0. The van der Waals surface area contributed by atoms with Gasteiger partial charge in [-0.3, -0.25) is 33.3 Å². The number of nitrogens with one attached hydrogen (secondary N) is 2. The van der Waals surface area contributed by atoms with Gasteiger partial charge in [0.15, 0.2) is 0 Å². The van der Waals surface area contributed by atoms with Crippen molar-refractivity contribution < 1.29 is 9.47 Å². The Kier molecular flexibility index (Phi) is 12.4. The molecule has 0 saturated carbocycles. The minimum absolute atomic E-state index is 0.0537. The number of nitrogens with zero attached hydrogens (tertiary/aromatic N) is 10. The fourth-order valence-electron chi connectivity index (χ4n) is 4.92. The van der Waals surface area contributed by atoms with Crippen LogP contribution < -0.4 is 20.6 Å². The summed E-state index contributed by atoms with van der Waals surface area (Å²) in [5.41, 5.74) is 2.66. The Morgan fingerprint density at radius 2 is 1.02 bits per heavy atom. The van der Waals surface area contributed by atoms with E-state index in [1.807, 2.05) is 34.6 Å². The first-order valence-corrected chi connectivity index (χ1v) is 16.1. The Balaban J connectivity index is 0.000000169. The van der Waals surface area contributed by atoms with Gasteiger partial charge in [-0.05, 0) is 24.7 Å². The molecular formula is C33H41ClN12O4. The lowest BCUT2D eigenvalue weighted by Gasteiger charge is -2.12. The SMILES string of the molecule is COc1nc(-n2ccnc2)[nH]c(=O)c1C(C)C.COc1nc(-n2ccnc2)[nH]c(=O)c1C(C)C.Cc1nc(-n2ccnc2)nc(Cl)c1C(C)C. The lowest BCUT2D eigenvalue weighted by atomic mass is 10.0. The molecule has 0 aliphatic carbocycles. The van der Waals surface area contributed by atoms with Crippen molar-refractivity contribution in [2.45, 2.75) is 66.2 Å². The summed E-state index contributed by atoms with van der Waals surface area (Å²) in [5.74, 6) is 2.49. The van der Waals surface area contributed by atoms with Gasteiger partial charge in [0.05, 0.1) is 25.3 Å². The number of ether oxygens (including phenoxy) is 2. The van der Waals surface area contributed by atoms with Crippen molar-refractivity contribution in [2.24, 2.45) is 0 Å². The highest BCUT2D eigenvalue weighted by molar-refractivity contribution is 6.30. The lowest BCUT2D eigenvalue weighted by molar-refractivity contribution is 0.387. The van der Waals surface area contributed by atoms with Crippen LogP contribution in [0.15, 0.2) is 65.8 Å². The van der Waals surface area contributed by atoms with Crippen LogP contribution in [-0.2, 0) is 0 Å². The molecule has 6 heterocycles. The molecule has 17 heteroatoms. The number of hydrogen-bond donors (Lipinski definition) is 2. The van der Waals surface area contributed by atoms with Gasteiger partial charge in [-0.25, -0.2) is 24.9 Å². The van der Waals surface area contributed by atoms with Gasteiger partial charge in [0.1, 0.15) is 24.1 Å². The summed E-state index contributed by atoms with van der Waals surface area (Å²) in [5, 5.41) is 0.520. The van der Waals surface area contributed by atoms with Crippen molar-refractivity contribution in [3.8, 4) is 29.6 Å². The Morgan fingerprint density at radius 3 is 1.34 bits per heavy atom. The number of aromatic amines is 2. The predicted octanol–water partition coefficient (Wildman–Crippen LogP) is 4.92. The predicted molar refractivity (Wildman–Crippen MR) is 188 cm³/mol. The monoisotopic (exact) mass is 704 g/mol. The number of aryl methyl sites for hydroxylation is 1. The van der Waals surface area contributed by atoms with Crippen LogP contribution in [0, 0.1) is 6.92 Å². The molecule has 2 N–H and O–H groups in total. The standard InChI is InChI=1S/C11H13ClN4.2C11H14N4O2/c1-7(2)9-8(3)14-11(15-10(9)12)16-5-4-13-6-16;2*1-7(2)8-9(16)13-11(14-10(8)17-3)15-5-4-12-6-15/h4-7H,1-3H3;2*4-7H,1-3H3,(H,13,14,16). The normalized spacial score (nSPS) is 10.9. The van der Waals surface area contributed by atoms with Crippen LogP contribution in [0.4, 0.5) is 0 Å². The second kappa shape index (κ2) is 16.6. The van der Waals surface area contributed by atoms with Gasteiger partial charge < -0.3 is 9.47 Å². The minimum atomic E-state index is -0.185. The molecular weight excluding hydrogens is 664 g/mol. The first-order chi connectivity index (χ1) is 23.9. The molecule has 50 heavy (non-hydrogen) atoms. The number of H-pyrrole nitrogens is 2. The molecule has 6 aromatic rings. The Labute approximate surface area is 293 Å². The van der Waals surface area contributed by atoms with Crippen LogP contribution in [0.2, 0.25) is 5.15 Å². The molecule has 0 atom stereocenters. The second-order valence-electron chi connectivity index (χ2n) is 11.8. The zero-order valence-electron chi connectivity index (χ0n) is 29.4. The molecule has 0 aliphatic rings. The molecule has 16 nitrogen and oxygen atoms in total. The first kappa shape index (κ1) is 37.2. The van der Waals surface area contributed by atoms with E-state index in [4.69, 9.17) is 21.1 Å². The summed E-state index contributed by atoms with van der Waals surface area (Å²) in [4.78, 5) is 58.3. The van der Waals surface area contributed by atoms with E-state index in [0.717, 1.165) is 11.3 Å². The second-order valence-corrected chi connectivity index (χ2v) is 12.2. The molecule has 0 radical (unpaired) electrons. The van der Waals surface area contributed by atoms with Crippen LogP contribution in [0.1, 0.15) is 81.7 Å². The molecule has 0 aromatic carbocycles. The number of methoxy groups -OCH3 is 2. The van der Waals surface area contributed by atoms with Crippen molar-refractivity contribution in [3.63, 3.8) is 0 Å². The van der Waals surface area contributed by atoms with Crippen molar-refractivity contribution in [2.75, 3.05) is 14.2 Å². The zero-order chi connectivity index (χ0) is 36.5. The largest absolute Gasteiger partial charge is 0.481 e. The Bertz CT molecular complexity index is 1960. The van der Waals surface area contributed by atoms with Gasteiger partial charge in [-0.15, -0.1) is 0 Å². The van der Waals surface area contributed by atoms with E-state index in [1.165, 1.54) is 14.2 Å². The van der Waals surface area contributed by atoms with E-state index >= 15 is 0 Å². The van der Waals surface area contributed by atoms with Crippen LogP contribution in [0.25, 0.3) is 17.8 Å². The average Bonchev–Trinajstić information content (AvgIpc) is 3.88. The van der Waals surface area contributed by atoms with Gasteiger partial charge >= 0.3 is 0 Å². The van der Waals surface area contributed by atoms with Crippen molar-refractivity contribution in [3.05, 3.63) is 104 Å². The lowest BCUT2D eigenvalue weighted by Crippen LogP contribution is -2.19. The first-order valence-electron chi connectivity index (χ1n) is 15.7. The highest BCUT2D eigenvalue weighted by Crippen LogP contribution is 2.26. The smallest absolute Gasteiger partial charge is 0.259 e. The molecule has 0 amide bonds. The van der Waals surface area contributed by atoms with Crippen LogP contribution >= 0.6 is 11.6 Å². The molecule has 0 spiro atoms. The molecule has 0 fully saturated rings. The van der Waals surface area contributed by atoms with E-state index in [1.54, 1.807) is 69.9 Å². The van der Waals surface area contributed by atoms with Gasteiger partial charge in [-0.2, -0.15) is 9.97 Å².